The molecule has 1 rings (SSSR count). The van der Waals surface area contributed by atoms with Crippen LogP contribution in [0.5, 0.6) is 0 Å². The second kappa shape index (κ2) is 6.58. The van der Waals surface area contributed by atoms with Gasteiger partial charge >= 0.3 is 0 Å². The molecular weight excluding hydrogens is 202 g/mol. The average molecular weight is 229 g/mol. The van der Waals surface area contributed by atoms with Crippen molar-refractivity contribution in [3.63, 3.8) is 0 Å². The minimum atomic E-state index is -0.143. The summed E-state index contributed by atoms with van der Waals surface area (Å²) in [7, 11) is 3.38. The molecule has 1 N–H and O–H groups in total. The van der Waals surface area contributed by atoms with E-state index in [0.29, 0.717) is 5.41 Å². The fourth-order valence-electron chi connectivity index (χ4n) is 2.76. The van der Waals surface area contributed by atoms with Crippen LogP contribution in [-0.4, -0.2) is 33.1 Å². The van der Waals surface area contributed by atoms with Gasteiger partial charge in [-0.25, -0.2) is 0 Å². The first-order valence-corrected chi connectivity index (χ1v) is 6.46. The second-order valence-electron chi connectivity index (χ2n) is 5.07. The van der Waals surface area contributed by atoms with Crippen molar-refractivity contribution in [3.05, 3.63) is 0 Å². The summed E-state index contributed by atoms with van der Waals surface area (Å²) in [5, 5.41) is 3.57. The van der Waals surface area contributed by atoms with Crippen LogP contribution in [0.1, 0.15) is 46.0 Å². The highest BCUT2D eigenvalue weighted by Crippen LogP contribution is 2.40. The lowest BCUT2D eigenvalue weighted by Crippen LogP contribution is -2.44. The lowest BCUT2D eigenvalue weighted by atomic mass is 9.83. The van der Waals surface area contributed by atoms with E-state index in [-0.39, 0.29) is 12.3 Å². The van der Waals surface area contributed by atoms with Gasteiger partial charge in [0.2, 0.25) is 0 Å². The fraction of sp³-hybridized carbons (Fsp3) is 1.00. The highest BCUT2D eigenvalue weighted by atomic mass is 16.7. The van der Waals surface area contributed by atoms with Crippen molar-refractivity contribution in [1.82, 2.24) is 5.32 Å². The smallest absolute Gasteiger partial charge is 0.171 e. The molecule has 96 valence electrons. The van der Waals surface area contributed by atoms with Gasteiger partial charge in [0.1, 0.15) is 0 Å². The van der Waals surface area contributed by atoms with E-state index in [2.05, 4.69) is 19.2 Å². The third-order valence-electron chi connectivity index (χ3n) is 4.09. The van der Waals surface area contributed by atoms with Crippen LogP contribution < -0.4 is 5.32 Å². The normalized spacial score (nSPS) is 21.6. The quantitative estimate of drug-likeness (QED) is 0.681. The first-order valence-electron chi connectivity index (χ1n) is 6.46. The van der Waals surface area contributed by atoms with Crippen molar-refractivity contribution in [3.8, 4) is 0 Å². The molecule has 0 bridgehead atoms. The Morgan fingerprint density at radius 2 is 1.75 bits per heavy atom. The number of methoxy groups -OCH3 is 2. The van der Waals surface area contributed by atoms with E-state index in [1.807, 2.05) is 0 Å². The molecule has 1 aliphatic rings. The molecular formula is C13H27NO2. The van der Waals surface area contributed by atoms with Crippen LogP contribution in [0.3, 0.4) is 0 Å². The van der Waals surface area contributed by atoms with Crippen molar-refractivity contribution in [2.24, 2.45) is 5.41 Å². The summed E-state index contributed by atoms with van der Waals surface area (Å²) < 4.78 is 10.5. The number of hydrogen-bond acceptors (Lipinski definition) is 3. The largest absolute Gasteiger partial charge is 0.354 e. The van der Waals surface area contributed by atoms with Gasteiger partial charge in [-0.15, -0.1) is 0 Å². The van der Waals surface area contributed by atoms with E-state index in [0.717, 1.165) is 6.54 Å². The Balaban J connectivity index is 2.37. The van der Waals surface area contributed by atoms with Crippen molar-refractivity contribution in [2.45, 2.75) is 58.3 Å². The molecule has 1 atom stereocenters. The Hall–Kier alpha value is -0.120. The third kappa shape index (κ3) is 3.44. The van der Waals surface area contributed by atoms with Crippen LogP contribution in [0.15, 0.2) is 0 Å². The summed E-state index contributed by atoms with van der Waals surface area (Å²) in [5.74, 6) is 0. The topological polar surface area (TPSA) is 30.5 Å². The first-order chi connectivity index (χ1) is 7.67. The van der Waals surface area contributed by atoms with Crippen molar-refractivity contribution < 1.29 is 9.47 Å². The highest BCUT2D eigenvalue weighted by molar-refractivity contribution is 4.86. The lowest BCUT2D eigenvalue weighted by Gasteiger charge is -2.31. The molecule has 1 aliphatic carbocycles. The number of ether oxygens (including phenoxy) is 2. The zero-order valence-corrected chi connectivity index (χ0v) is 11.2. The molecule has 0 heterocycles. The molecule has 0 aromatic heterocycles. The second-order valence-corrected chi connectivity index (χ2v) is 5.07. The fourth-order valence-corrected chi connectivity index (χ4v) is 2.76. The molecule has 0 aliphatic heterocycles. The van der Waals surface area contributed by atoms with Gasteiger partial charge in [0, 0.05) is 20.8 Å². The van der Waals surface area contributed by atoms with Gasteiger partial charge in [0.15, 0.2) is 6.29 Å². The zero-order chi connectivity index (χ0) is 12.0. The predicted octanol–water partition coefficient (Wildman–Crippen LogP) is 2.55. The van der Waals surface area contributed by atoms with Crippen molar-refractivity contribution in [1.29, 1.82) is 0 Å². The van der Waals surface area contributed by atoms with Crippen molar-refractivity contribution >= 4 is 0 Å². The van der Waals surface area contributed by atoms with E-state index in [1.54, 1.807) is 14.2 Å². The van der Waals surface area contributed by atoms with Gasteiger partial charge < -0.3 is 14.8 Å². The van der Waals surface area contributed by atoms with Crippen LogP contribution in [-0.2, 0) is 9.47 Å². The van der Waals surface area contributed by atoms with Crippen LogP contribution in [0.4, 0.5) is 0 Å². The Bertz CT molecular complexity index is 186. The molecule has 1 fully saturated rings. The van der Waals surface area contributed by atoms with Crippen LogP contribution >= 0.6 is 0 Å². The molecule has 0 aromatic rings. The summed E-state index contributed by atoms with van der Waals surface area (Å²) in [6, 6.07) is 0.249. The Morgan fingerprint density at radius 3 is 2.19 bits per heavy atom. The van der Waals surface area contributed by atoms with E-state index in [4.69, 9.17) is 9.47 Å². The molecule has 16 heavy (non-hydrogen) atoms. The number of hydrogen-bond donors (Lipinski definition) is 1. The molecule has 0 amide bonds. The Labute approximate surface area is 99.9 Å². The maximum absolute atomic E-state index is 5.26. The van der Waals surface area contributed by atoms with Crippen LogP contribution in [0.2, 0.25) is 0 Å². The number of nitrogens with one attached hydrogen (secondary N) is 1. The van der Waals surface area contributed by atoms with Crippen molar-refractivity contribution in [2.75, 3.05) is 20.8 Å². The van der Waals surface area contributed by atoms with Crippen LogP contribution in [0.25, 0.3) is 0 Å². The molecule has 1 unspecified atom stereocenters. The predicted molar refractivity (Wildman–Crippen MR) is 66.5 cm³/mol. The van der Waals surface area contributed by atoms with Crippen LogP contribution in [0, 0.1) is 5.41 Å². The summed E-state index contributed by atoms with van der Waals surface area (Å²) in [6.07, 6.45) is 6.65. The minimum Gasteiger partial charge on any atom is -0.354 e. The zero-order valence-electron chi connectivity index (χ0n) is 11.2. The summed E-state index contributed by atoms with van der Waals surface area (Å²) in [5.41, 5.74) is 0.528. The molecule has 0 spiro atoms. The third-order valence-corrected chi connectivity index (χ3v) is 4.09. The summed E-state index contributed by atoms with van der Waals surface area (Å²) in [6.45, 7) is 5.52. The molecule has 0 saturated heterocycles. The standard InChI is InChI=1S/C13H27NO2/c1-5-13(8-6-7-9-13)10-14-11(2)12(15-3)16-4/h11-12,14H,5-10H2,1-4H3. The van der Waals surface area contributed by atoms with E-state index >= 15 is 0 Å². The SMILES string of the molecule is CCC1(CNC(C)C(OC)OC)CCCC1. The molecule has 3 nitrogen and oxygen atoms in total. The van der Waals surface area contributed by atoms with Gasteiger partial charge in [0.05, 0.1) is 6.04 Å². The Kier molecular flexibility index (Phi) is 5.73. The van der Waals surface area contributed by atoms with Gasteiger partial charge in [-0.1, -0.05) is 19.8 Å². The molecule has 3 heteroatoms. The van der Waals surface area contributed by atoms with Gasteiger partial charge in [0.25, 0.3) is 0 Å². The first kappa shape index (κ1) is 13.9. The summed E-state index contributed by atoms with van der Waals surface area (Å²) >= 11 is 0. The monoisotopic (exact) mass is 229 g/mol. The van der Waals surface area contributed by atoms with E-state index in [9.17, 15) is 0 Å². The highest BCUT2D eigenvalue weighted by Gasteiger charge is 2.32. The minimum absolute atomic E-state index is 0.143. The molecule has 0 aromatic carbocycles. The van der Waals surface area contributed by atoms with Gasteiger partial charge in [-0.05, 0) is 31.6 Å². The lowest BCUT2D eigenvalue weighted by molar-refractivity contribution is -0.120. The Morgan fingerprint density at radius 1 is 1.19 bits per heavy atom. The molecule has 1 saturated carbocycles. The van der Waals surface area contributed by atoms with Gasteiger partial charge in [-0.2, -0.15) is 0 Å². The average Bonchev–Trinajstić information content (AvgIpc) is 2.77. The summed E-state index contributed by atoms with van der Waals surface area (Å²) in [4.78, 5) is 0. The maximum Gasteiger partial charge on any atom is 0.171 e. The molecule has 0 radical (unpaired) electrons. The number of rotatable bonds is 7. The van der Waals surface area contributed by atoms with E-state index < -0.39 is 0 Å². The van der Waals surface area contributed by atoms with Gasteiger partial charge in [-0.3, -0.25) is 0 Å². The maximum atomic E-state index is 5.26. The van der Waals surface area contributed by atoms with E-state index in [1.165, 1.54) is 32.1 Å².